The molecule has 1 heterocycles. The molecule has 0 aliphatic rings. The van der Waals surface area contributed by atoms with E-state index in [4.69, 9.17) is 11.6 Å². The van der Waals surface area contributed by atoms with E-state index in [1.807, 2.05) is 6.07 Å². The Bertz CT molecular complexity index is 555. The number of hydrogen-bond donors (Lipinski definition) is 1. The summed E-state index contributed by atoms with van der Waals surface area (Å²) < 4.78 is 36.8. The van der Waals surface area contributed by atoms with Gasteiger partial charge in [0.1, 0.15) is 5.82 Å². The van der Waals surface area contributed by atoms with Crippen molar-refractivity contribution in [3.63, 3.8) is 0 Å². The number of alkyl halides is 3. The molecule has 100 valence electrons. The van der Waals surface area contributed by atoms with Crippen LogP contribution in [0.5, 0.6) is 0 Å². The number of aromatic nitrogens is 2. The zero-order chi connectivity index (χ0) is 13.9. The fourth-order valence-corrected chi connectivity index (χ4v) is 1.63. The quantitative estimate of drug-likeness (QED) is 0.934. The summed E-state index contributed by atoms with van der Waals surface area (Å²) in [5, 5.41) is 10.0. The Morgan fingerprint density at radius 1 is 1.11 bits per heavy atom. The van der Waals surface area contributed by atoms with Crippen molar-refractivity contribution >= 4 is 17.4 Å². The second kappa shape index (κ2) is 5.44. The van der Waals surface area contributed by atoms with Crippen LogP contribution in [-0.2, 0) is 12.7 Å². The molecule has 1 aromatic heterocycles. The van der Waals surface area contributed by atoms with Crippen LogP contribution in [-0.4, -0.2) is 10.2 Å². The molecule has 0 unspecified atom stereocenters. The molecule has 7 heteroatoms. The average Bonchev–Trinajstić information content (AvgIpc) is 2.36. The smallest absolute Gasteiger partial charge is 0.365 e. The summed E-state index contributed by atoms with van der Waals surface area (Å²) in [6.45, 7) is 0.403. The molecule has 1 aromatic carbocycles. The zero-order valence-corrected chi connectivity index (χ0v) is 10.3. The van der Waals surface area contributed by atoms with Crippen LogP contribution >= 0.6 is 11.6 Å². The fraction of sp³-hybridized carbons (Fsp3) is 0.167. The lowest BCUT2D eigenvalue weighted by molar-refractivity contribution is -0.141. The number of benzene rings is 1. The number of nitrogens with zero attached hydrogens (tertiary/aromatic N) is 2. The van der Waals surface area contributed by atoms with Gasteiger partial charge in [-0.25, -0.2) is 0 Å². The molecule has 0 saturated heterocycles. The zero-order valence-electron chi connectivity index (χ0n) is 9.58. The monoisotopic (exact) mass is 287 g/mol. The second-order valence-electron chi connectivity index (χ2n) is 3.79. The Morgan fingerprint density at radius 3 is 2.47 bits per heavy atom. The summed E-state index contributed by atoms with van der Waals surface area (Å²) in [5.41, 5.74) is -0.116. The summed E-state index contributed by atoms with van der Waals surface area (Å²) in [7, 11) is 0. The molecule has 0 amide bonds. The Kier molecular flexibility index (Phi) is 3.90. The Morgan fingerprint density at radius 2 is 1.89 bits per heavy atom. The van der Waals surface area contributed by atoms with Crippen LogP contribution in [0.25, 0.3) is 0 Å². The molecule has 0 bridgehead atoms. The topological polar surface area (TPSA) is 37.8 Å². The van der Waals surface area contributed by atoms with Gasteiger partial charge in [-0.15, -0.1) is 10.2 Å². The molecule has 0 spiro atoms. The number of anilines is 1. The average molecular weight is 288 g/mol. The Balaban J connectivity index is 2.01. The molecular weight excluding hydrogens is 279 g/mol. The van der Waals surface area contributed by atoms with Crippen LogP contribution < -0.4 is 5.32 Å². The summed E-state index contributed by atoms with van der Waals surface area (Å²) in [6, 6.07) is 9.25. The van der Waals surface area contributed by atoms with E-state index in [0.717, 1.165) is 11.6 Å². The predicted octanol–water partition coefficient (Wildman–Crippen LogP) is 3.76. The van der Waals surface area contributed by atoms with Gasteiger partial charge in [0.25, 0.3) is 0 Å². The first-order valence-electron chi connectivity index (χ1n) is 5.34. The van der Waals surface area contributed by atoms with E-state index in [1.165, 1.54) is 6.07 Å². The minimum Gasteiger partial charge on any atom is -0.365 e. The van der Waals surface area contributed by atoms with Crippen LogP contribution in [0, 0.1) is 0 Å². The molecule has 0 aliphatic carbocycles. The van der Waals surface area contributed by atoms with E-state index >= 15 is 0 Å². The third-order valence-corrected chi connectivity index (χ3v) is 2.55. The lowest BCUT2D eigenvalue weighted by Crippen LogP contribution is -2.10. The van der Waals surface area contributed by atoms with Crippen LogP contribution in [0.2, 0.25) is 5.02 Å². The number of hydrogen-bond acceptors (Lipinski definition) is 3. The van der Waals surface area contributed by atoms with Crippen LogP contribution in [0.3, 0.4) is 0 Å². The van der Waals surface area contributed by atoms with Gasteiger partial charge in [-0.2, -0.15) is 13.2 Å². The van der Waals surface area contributed by atoms with Gasteiger partial charge in [0, 0.05) is 11.6 Å². The normalized spacial score (nSPS) is 11.4. The van der Waals surface area contributed by atoms with Crippen molar-refractivity contribution in [2.75, 3.05) is 5.32 Å². The van der Waals surface area contributed by atoms with Crippen LogP contribution in [0.4, 0.5) is 19.0 Å². The maximum atomic E-state index is 12.3. The number of nitrogens with one attached hydrogen (secondary N) is 1. The lowest BCUT2D eigenvalue weighted by Gasteiger charge is -2.07. The molecule has 0 saturated carbocycles. The maximum absolute atomic E-state index is 12.3. The largest absolute Gasteiger partial charge is 0.435 e. The predicted molar refractivity (Wildman–Crippen MR) is 65.8 cm³/mol. The summed E-state index contributed by atoms with van der Waals surface area (Å²) in [4.78, 5) is 0. The first kappa shape index (κ1) is 13.6. The molecule has 0 fully saturated rings. The first-order chi connectivity index (χ1) is 8.95. The molecule has 0 atom stereocenters. The van der Waals surface area contributed by atoms with Gasteiger partial charge in [0.05, 0.1) is 0 Å². The summed E-state index contributed by atoms with van der Waals surface area (Å²) >= 11 is 5.82. The molecule has 0 radical (unpaired) electrons. The highest BCUT2D eigenvalue weighted by atomic mass is 35.5. The summed E-state index contributed by atoms with van der Waals surface area (Å²) in [6.07, 6.45) is -4.47. The van der Waals surface area contributed by atoms with Gasteiger partial charge in [-0.1, -0.05) is 23.7 Å². The third kappa shape index (κ3) is 3.82. The summed E-state index contributed by atoms with van der Waals surface area (Å²) in [5.74, 6) is 0.271. The van der Waals surface area contributed by atoms with Gasteiger partial charge < -0.3 is 5.32 Å². The van der Waals surface area contributed by atoms with Gasteiger partial charge in [-0.3, -0.25) is 0 Å². The van der Waals surface area contributed by atoms with Crippen molar-refractivity contribution in [2.45, 2.75) is 12.7 Å². The van der Waals surface area contributed by atoms with Crippen molar-refractivity contribution in [2.24, 2.45) is 0 Å². The molecule has 2 rings (SSSR count). The SMILES string of the molecule is FC(F)(F)c1ccc(NCc2cccc(Cl)c2)nn1. The van der Waals surface area contributed by atoms with E-state index in [2.05, 4.69) is 15.5 Å². The Labute approximate surface area is 112 Å². The van der Waals surface area contributed by atoms with Crippen LogP contribution in [0.1, 0.15) is 11.3 Å². The van der Waals surface area contributed by atoms with Crippen molar-refractivity contribution in [1.29, 1.82) is 0 Å². The molecular formula is C12H9ClF3N3. The molecule has 19 heavy (non-hydrogen) atoms. The van der Waals surface area contributed by atoms with Crippen molar-refractivity contribution < 1.29 is 13.2 Å². The van der Waals surface area contributed by atoms with E-state index in [9.17, 15) is 13.2 Å². The molecule has 1 N–H and O–H groups in total. The van der Waals surface area contributed by atoms with Crippen molar-refractivity contribution in [3.05, 3.63) is 52.7 Å². The fourth-order valence-electron chi connectivity index (χ4n) is 1.42. The van der Waals surface area contributed by atoms with Crippen LogP contribution in [0.15, 0.2) is 36.4 Å². The van der Waals surface area contributed by atoms with Crippen molar-refractivity contribution in [3.8, 4) is 0 Å². The highest BCUT2D eigenvalue weighted by Crippen LogP contribution is 2.27. The minimum absolute atomic E-state index is 0.271. The molecule has 3 nitrogen and oxygen atoms in total. The van der Waals surface area contributed by atoms with Crippen molar-refractivity contribution in [1.82, 2.24) is 10.2 Å². The van der Waals surface area contributed by atoms with E-state index in [1.54, 1.807) is 18.2 Å². The molecule has 0 aliphatic heterocycles. The number of rotatable bonds is 3. The third-order valence-electron chi connectivity index (χ3n) is 2.32. The highest BCUT2D eigenvalue weighted by Gasteiger charge is 2.32. The highest BCUT2D eigenvalue weighted by molar-refractivity contribution is 6.30. The minimum atomic E-state index is -4.47. The van der Waals surface area contributed by atoms with E-state index < -0.39 is 11.9 Å². The van der Waals surface area contributed by atoms with Gasteiger partial charge in [0.15, 0.2) is 5.69 Å². The first-order valence-corrected chi connectivity index (χ1v) is 5.72. The maximum Gasteiger partial charge on any atom is 0.435 e. The molecule has 2 aromatic rings. The number of halogens is 4. The lowest BCUT2D eigenvalue weighted by atomic mass is 10.2. The van der Waals surface area contributed by atoms with E-state index in [0.29, 0.717) is 11.6 Å². The Hall–Kier alpha value is -1.82. The standard InChI is InChI=1S/C12H9ClF3N3/c13-9-3-1-2-8(6-9)7-17-11-5-4-10(18-19-11)12(14,15)16/h1-6H,7H2,(H,17,19). The van der Waals surface area contributed by atoms with Gasteiger partial charge in [-0.05, 0) is 29.8 Å². The van der Waals surface area contributed by atoms with E-state index in [-0.39, 0.29) is 5.82 Å². The van der Waals surface area contributed by atoms with Gasteiger partial charge >= 0.3 is 6.18 Å². The second-order valence-corrected chi connectivity index (χ2v) is 4.22. The van der Waals surface area contributed by atoms with Gasteiger partial charge in [0.2, 0.25) is 0 Å².